The van der Waals surface area contributed by atoms with E-state index >= 15 is 0 Å². The first-order valence-corrected chi connectivity index (χ1v) is 7.71. The van der Waals surface area contributed by atoms with Crippen molar-refractivity contribution < 1.29 is 9.84 Å². The minimum atomic E-state index is -0.0630. The molecule has 0 atom stereocenters. The molecule has 2 aliphatic rings. The summed E-state index contributed by atoms with van der Waals surface area (Å²) in [6, 6.07) is 2.05. The number of ether oxygens (including phenoxy) is 1. The van der Waals surface area contributed by atoms with Crippen LogP contribution in [0.4, 0.5) is 0 Å². The summed E-state index contributed by atoms with van der Waals surface area (Å²) >= 11 is 0. The topological polar surface area (TPSA) is 29.5 Å². The molecular formula is C18H24O2. The van der Waals surface area contributed by atoms with Crippen LogP contribution in [0.2, 0.25) is 0 Å². The van der Waals surface area contributed by atoms with E-state index < -0.39 is 0 Å². The molecule has 1 N–H and O–H groups in total. The standard InChI is InChI=1S/C18H24O2/c1-11(2)14-10-15-13(16(12(3)4)17(14)19)6-9-18(20-15)7-5-8-18/h6,9-12,19H,5,7-8H2,1-4H3. The van der Waals surface area contributed by atoms with Gasteiger partial charge < -0.3 is 9.84 Å². The van der Waals surface area contributed by atoms with E-state index in [0.717, 1.165) is 35.3 Å². The van der Waals surface area contributed by atoms with Gasteiger partial charge in [-0.1, -0.05) is 33.8 Å². The van der Waals surface area contributed by atoms with E-state index in [1.807, 2.05) is 6.07 Å². The van der Waals surface area contributed by atoms with E-state index in [1.54, 1.807) is 0 Å². The molecule has 0 bridgehead atoms. The zero-order valence-corrected chi connectivity index (χ0v) is 12.9. The highest BCUT2D eigenvalue weighted by Crippen LogP contribution is 2.48. The van der Waals surface area contributed by atoms with Crippen molar-refractivity contribution in [1.29, 1.82) is 0 Å². The quantitative estimate of drug-likeness (QED) is 0.823. The number of hydrogen-bond donors (Lipinski definition) is 1. The molecule has 3 rings (SSSR count). The highest BCUT2D eigenvalue weighted by atomic mass is 16.5. The second-order valence-electron chi connectivity index (χ2n) is 6.80. The lowest BCUT2D eigenvalue weighted by molar-refractivity contribution is 0.0379. The Bertz CT molecular complexity index is 563. The average molecular weight is 272 g/mol. The third-order valence-electron chi connectivity index (χ3n) is 4.64. The van der Waals surface area contributed by atoms with Crippen molar-refractivity contribution in [3.8, 4) is 11.5 Å². The molecule has 1 aliphatic heterocycles. The van der Waals surface area contributed by atoms with Gasteiger partial charge in [-0.05, 0) is 43.2 Å². The summed E-state index contributed by atoms with van der Waals surface area (Å²) in [7, 11) is 0. The number of phenolic OH excluding ortho intramolecular Hbond substituents is 1. The molecule has 1 aliphatic carbocycles. The van der Waals surface area contributed by atoms with E-state index in [1.165, 1.54) is 6.42 Å². The van der Waals surface area contributed by atoms with Crippen LogP contribution in [0.1, 0.15) is 75.5 Å². The van der Waals surface area contributed by atoms with Crippen molar-refractivity contribution in [2.75, 3.05) is 0 Å². The van der Waals surface area contributed by atoms with Gasteiger partial charge >= 0.3 is 0 Å². The zero-order valence-electron chi connectivity index (χ0n) is 12.9. The van der Waals surface area contributed by atoms with E-state index in [2.05, 4.69) is 39.8 Å². The predicted octanol–water partition coefficient (Wildman–Crippen LogP) is 4.97. The summed E-state index contributed by atoms with van der Waals surface area (Å²) in [6.07, 6.45) is 7.82. The number of aromatic hydroxyl groups is 1. The second kappa shape index (κ2) is 4.54. The van der Waals surface area contributed by atoms with Crippen LogP contribution in [0, 0.1) is 0 Å². The van der Waals surface area contributed by atoms with Crippen LogP contribution < -0.4 is 4.74 Å². The predicted molar refractivity (Wildman–Crippen MR) is 82.5 cm³/mol. The van der Waals surface area contributed by atoms with Gasteiger partial charge in [-0.15, -0.1) is 0 Å². The van der Waals surface area contributed by atoms with E-state index in [9.17, 15) is 5.11 Å². The van der Waals surface area contributed by atoms with Crippen LogP contribution in [-0.4, -0.2) is 10.7 Å². The Morgan fingerprint density at radius 2 is 1.85 bits per heavy atom. The molecule has 1 heterocycles. The summed E-state index contributed by atoms with van der Waals surface area (Å²) in [5, 5.41) is 10.6. The number of rotatable bonds is 2. The van der Waals surface area contributed by atoms with Gasteiger partial charge in [0, 0.05) is 16.7 Å². The number of hydrogen-bond acceptors (Lipinski definition) is 2. The molecule has 20 heavy (non-hydrogen) atoms. The molecule has 2 nitrogen and oxygen atoms in total. The van der Waals surface area contributed by atoms with Gasteiger partial charge in [0.1, 0.15) is 17.1 Å². The van der Waals surface area contributed by atoms with Crippen LogP contribution in [0.5, 0.6) is 11.5 Å². The molecule has 1 aromatic rings. The maximum absolute atomic E-state index is 10.6. The van der Waals surface area contributed by atoms with Crippen molar-refractivity contribution in [2.45, 2.75) is 64.4 Å². The lowest BCUT2D eigenvalue weighted by atomic mass is 9.77. The molecule has 0 saturated heterocycles. The Hall–Kier alpha value is -1.44. The SMILES string of the molecule is CC(C)c1cc2c(c(C(C)C)c1O)C=CC1(CCC1)O2. The molecule has 0 radical (unpaired) electrons. The molecule has 1 fully saturated rings. The maximum atomic E-state index is 10.6. The van der Waals surface area contributed by atoms with E-state index in [0.29, 0.717) is 11.7 Å². The van der Waals surface area contributed by atoms with Crippen molar-refractivity contribution >= 4 is 6.08 Å². The first-order chi connectivity index (χ1) is 9.43. The average Bonchev–Trinajstić information content (AvgIpc) is 2.34. The maximum Gasteiger partial charge on any atom is 0.128 e. The van der Waals surface area contributed by atoms with Crippen LogP contribution >= 0.6 is 0 Å². The Morgan fingerprint density at radius 1 is 1.15 bits per heavy atom. The zero-order chi connectivity index (χ0) is 14.5. The van der Waals surface area contributed by atoms with Crippen molar-refractivity contribution in [3.05, 3.63) is 28.8 Å². The minimum absolute atomic E-state index is 0.0630. The molecule has 0 amide bonds. The van der Waals surface area contributed by atoms with Gasteiger partial charge in [0.15, 0.2) is 0 Å². The first-order valence-electron chi connectivity index (χ1n) is 7.71. The molecule has 0 unspecified atom stereocenters. The highest BCUT2D eigenvalue weighted by Gasteiger charge is 2.40. The van der Waals surface area contributed by atoms with E-state index in [-0.39, 0.29) is 11.5 Å². The Kier molecular flexibility index (Phi) is 3.07. The molecule has 0 aromatic heterocycles. The largest absolute Gasteiger partial charge is 0.507 e. The number of phenols is 1. The van der Waals surface area contributed by atoms with Gasteiger partial charge in [-0.25, -0.2) is 0 Å². The summed E-state index contributed by atoms with van der Waals surface area (Å²) < 4.78 is 6.29. The summed E-state index contributed by atoms with van der Waals surface area (Å²) in [5.41, 5.74) is 3.03. The van der Waals surface area contributed by atoms with Crippen molar-refractivity contribution in [3.63, 3.8) is 0 Å². The second-order valence-corrected chi connectivity index (χ2v) is 6.80. The third-order valence-corrected chi connectivity index (χ3v) is 4.64. The van der Waals surface area contributed by atoms with Gasteiger partial charge in [0.25, 0.3) is 0 Å². The Morgan fingerprint density at radius 3 is 2.35 bits per heavy atom. The van der Waals surface area contributed by atoms with Gasteiger partial charge in [-0.2, -0.15) is 0 Å². The fourth-order valence-electron chi connectivity index (χ4n) is 3.27. The Labute approximate surface area is 121 Å². The van der Waals surface area contributed by atoms with Gasteiger partial charge in [0.05, 0.1) is 0 Å². The summed E-state index contributed by atoms with van der Waals surface area (Å²) in [6.45, 7) is 8.48. The van der Waals surface area contributed by atoms with Crippen LogP contribution in [0.3, 0.4) is 0 Å². The van der Waals surface area contributed by atoms with Crippen molar-refractivity contribution in [1.82, 2.24) is 0 Å². The molecule has 1 saturated carbocycles. The summed E-state index contributed by atoms with van der Waals surface area (Å²) in [4.78, 5) is 0. The Balaban J connectivity index is 2.16. The van der Waals surface area contributed by atoms with Gasteiger partial charge in [0.2, 0.25) is 0 Å². The molecule has 1 spiro atoms. The molecule has 2 heteroatoms. The smallest absolute Gasteiger partial charge is 0.128 e. The first kappa shape index (κ1) is 13.5. The summed E-state index contributed by atoms with van der Waals surface area (Å²) in [5.74, 6) is 1.99. The lowest BCUT2D eigenvalue weighted by Crippen LogP contribution is -2.42. The van der Waals surface area contributed by atoms with Crippen LogP contribution in [0.25, 0.3) is 6.08 Å². The fraction of sp³-hybridized carbons (Fsp3) is 0.556. The monoisotopic (exact) mass is 272 g/mol. The van der Waals surface area contributed by atoms with E-state index in [4.69, 9.17) is 4.74 Å². The van der Waals surface area contributed by atoms with Crippen LogP contribution in [0.15, 0.2) is 12.1 Å². The van der Waals surface area contributed by atoms with Crippen molar-refractivity contribution in [2.24, 2.45) is 0 Å². The highest BCUT2D eigenvalue weighted by molar-refractivity contribution is 5.70. The number of fused-ring (bicyclic) bond motifs is 1. The molecular weight excluding hydrogens is 248 g/mol. The van der Waals surface area contributed by atoms with Gasteiger partial charge in [-0.3, -0.25) is 0 Å². The third kappa shape index (κ3) is 1.93. The molecule has 108 valence electrons. The normalized spacial score (nSPS) is 19.1. The fourth-order valence-corrected chi connectivity index (χ4v) is 3.27. The minimum Gasteiger partial charge on any atom is -0.507 e. The lowest BCUT2D eigenvalue weighted by Gasteiger charge is -2.42. The molecule has 1 aromatic carbocycles. The van der Waals surface area contributed by atoms with Crippen LogP contribution in [-0.2, 0) is 0 Å². The number of benzene rings is 1.